The van der Waals surface area contributed by atoms with Crippen LogP contribution in [0.1, 0.15) is 29.1 Å². The van der Waals surface area contributed by atoms with Gasteiger partial charge in [-0.25, -0.2) is 5.43 Å². The molecule has 122 valence electrons. The predicted molar refractivity (Wildman–Crippen MR) is 95.9 cm³/mol. The summed E-state index contributed by atoms with van der Waals surface area (Å²) in [7, 11) is 0. The minimum atomic E-state index is -0.230. The summed E-state index contributed by atoms with van der Waals surface area (Å²) in [5.41, 5.74) is 3.29. The van der Waals surface area contributed by atoms with Crippen molar-refractivity contribution < 1.29 is 14.3 Å². The third-order valence-electron chi connectivity index (χ3n) is 2.75. The van der Waals surface area contributed by atoms with Gasteiger partial charge in [0.05, 0.1) is 28.8 Å². The van der Waals surface area contributed by atoms with Gasteiger partial charge in [-0.3, -0.25) is 4.79 Å². The Kier molecular flexibility index (Phi) is 6.61. The van der Waals surface area contributed by atoms with Crippen molar-refractivity contribution in [3.8, 4) is 11.5 Å². The first-order valence-corrected chi connectivity index (χ1v) is 8.79. The van der Waals surface area contributed by atoms with Crippen LogP contribution < -0.4 is 14.9 Å². The number of amides is 1. The SMILES string of the molecule is CCOc1cc(C=NNC(=O)c2cccs2)cc(Br)c1OCC. The fraction of sp³-hybridized carbons (Fsp3) is 0.250. The van der Waals surface area contributed by atoms with E-state index in [1.165, 1.54) is 11.3 Å². The molecule has 2 aromatic rings. The van der Waals surface area contributed by atoms with E-state index in [1.54, 1.807) is 12.3 Å². The Balaban J connectivity index is 2.13. The molecule has 1 aromatic heterocycles. The molecule has 0 aliphatic carbocycles. The number of ether oxygens (including phenoxy) is 2. The maximum atomic E-state index is 11.8. The number of thiophene rings is 1. The Morgan fingerprint density at radius 3 is 2.78 bits per heavy atom. The molecule has 0 unspecified atom stereocenters. The zero-order valence-electron chi connectivity index (χ0n) is 12.8. The second-order valence-electron chi connectivity index (χ2n) is 4.37. The van der Waals surface area contributed by atoms with E-state index < -0.39 is 0 Å². The van der Waals surface area contributed by atoms with Gasteiger partial charge in [0.25, 0.3) is 5.91 Å². The van der Waals surface area contributed by atoms with E-state index in [0.29, 0.717) is 29.6 Å². The van der Waals surface area contributed by atoms with Crippen molar-refractivity contribution in [2.75, 3.05) is 13.2 Å². The van der Waals surface area contributed by atoms with Gasteiger partial charge in [-0.2, -0.15) is 5.10 Å². The average molecular weight is 397 g/mol. The second-order valence-corrected chi connectivity index (χ2v) is 6.17. The molecule has 23 heavy (non-hydrogen) atoms. The van der Waals surface area contributed by atoms with Crippen LogP contribution in [0.25, 0.3) is 0 Å². The van der Waals surface area contributed by atoms with Crippen molar-refractivity contribution in [1.82, 2.24) is 5.43 Å². The Labute approximate surface area is 147 Å². The van der Waals surface area contributed by atoms with Crippen LogP contribution in [0.15, 0.2) is 39.2 Å². The lowest BCUT2D eigenvalue weighted by Gasteiger charge is -2.13. The number of hydrogen-bond donors (Lipinski definition) is 1. The van der Waals surface area contributed by atoms with Crippen molar-refractivity contribution in [2.45, 2.75) is 13.8 Å². The lowest BCUT2D eigenvalue weighted by Crippen LogP contribution is -2.16. The van der Waals surface area contributed by atoms with Gasteiger partial charge in [-0.1, -0.05) is 6.07 Å². The summed E-state index contributed by atoms with van der Waals surface area (Å²) < 4.78 is 12.0. The number of carbonyl (C=O) groups is 1. The van der Waals surface area contributed by atoms with Gasteiger partial charge in [0.1, 0.15) is 0 Å². The van der Waals surface area contributed by atoms with Crippen molar-refractivity contribution in [3.05, 3.63) is 44.6 Å². The first kappa shape index (κ1) is 17.5. The fourth-order valence-corrected chi connectivity index (χ4v) is 3.03. The third-order valence-corrected chi connectivity index (χ3v) is 4.20. The first-order chi connectivity index (χ1) is 11.2. The molecule has 1 heterocycles. The monoisotopic (exact) mass is 396 g/mol. The first-order valence-electron chi connectivity index (χ1n) is 7.11. The zero-order chi connectivity index (χ0) is 16.7. The van der Waals surface area contributed by atoms with E-state index in [9.17, 15) is 4.79 Å². The minimum absolute atomic E-state index is 0.230. The molecule has 1 N–H and O–H groups in total. The molecule has 0 aliphatic rings. The Bertz CT molecular complexity index is 687. The highest BCUT2D eigenvalue weighted by molar-refractivity contribution is 9.10. The van der Waals surface area contributed by atoms with Crippen LogP contribution in [-0.2, 0) is 0 Å². The van der Waals surface area contributed by atoms with Gasteiger partial charge in [-0.15, -0.1) is 11.3 Å². The second kappa shape index (κ2) is 8.69. The summed E-state index contributed by atoms with van der Waals surface area (Å²) in [6.07, 6.45) is 1.56. The van der Waals surface area contributed by atoms with E-state index in [4.69, 9.17) is 9.47 Å². The highest BCUT2D eigenvalue weighted by atomic mass is 79.9. The normalized spacial score (nSPS) is 10.7. The van der Waals surface area contributed by atoms with Crippen molar-refractivity contribution in [2.24, 2.45) is 5.10 Å². The lowest BCUT2D eigenvalue weighted by atomic mass is 10.2. The molecular weight excluding hydrogens is 380 g/mol. The molecule has 0 fully saturated rings. The predicted octanol–water partition coefficient (Wildman–Crippen LogP) is 4.07. The summed E-state index contributed by atoms with van der Waals surface area (Å²) >= 11 is 4.84. The van der Waals surface area contributed by atoms with Crippen molar-refractivity contribution >= 4 is 39.4 Å². The molecule has 0 spiro atoms. The summed E-state index contributed by atoms with van der Waals surface area (Å²) in [6, 6.07) is 7.24. The molecule has 0 bridgehead atoms. The van der Waals surface area contributed by atoms with E-state index in [1.807, 2.05) is 37.4 Å². The number of hydrazone groups is 1. The van der Waals surface area contributed by atoms with Crippen LogP contribution in [-0.4, -0.2) is 25.3 Å². The number of nitrogens with zero attached hydrogens (tertiary/aromatic N) is 1. The smallest absolute Gasteiger partial charge is 0.281 e. The van der Waals surface area contributed by atoms with Gasteiger partial charge in [0, 0.05) is 0 Å². The maximum absolute atomic E-state index is 11.8. The Hall–Kier alpha value is -1.86. The molecule has 0 atom stereocenters. The molecule has 1 aromatic carbocycles. The van der Waals surface area contributed by atoms with Crippen LogP contribution in [0.4, 0.5) is 0 Å². The van der Waals surface area contributed by atoms with Gasteiger partial charge >= 0.3 is 0 Å². The largest absolute Gasteiger partial charge is 0.490 e. The number of nitrogens with one attached hydrogen (secondary N) is 1. The van der Waals surface area contributed by atoms with Crippen LogP contribution in [0, 0.1) is 0 Å². The van der Waals surface area contributed by atoms with Crippen LogP contribution in [0.2, 0.25) is 0 Å². The number of hydrogen-bond acceptors (Lipinski definition) is 5. The van der Waals surface area contributed by atoms with E-state index in [-0.39, 0.29) is 5.91 Å². The topological polar surface area (TPSA) is 59.9 Å². The molecule has 0 saturated carbocycles. The maximum Gasteiger partial charge on any atom is 0.281 e. The molecule has 0 aliphatic heterocycles. The van der Waals surface area contributed by atoms with E-state index in [0.717, 1.165) is 10.0 Å². The summed E-state index contributed by atoms with van der Waals surface area (Å²) in [5, 5.41) is 5.82. The van der Waals surface area contributed by atoms with Crippen LogP contribution in [0.3, 0.4) is 0 Å². The van der Waals surface area contributed by atoms with Crippen molar-refractivity contribution in [3.63, 3.8) is 0 Å². The van der Waals surface area contributed by atoms with E-state index in [2.05, 4.69) is 26.5 Å². The number of carbonyl (C=O) groups excluding carboxylic acids is 1. The highest BCUT2D eigenvalue weighted by Gasteiger charge is 2.11. The number of rotatable bonds is 7. The summed E-state index contributed by atoms with van der Waals surface area (Å²) in [5.74, 6) is 1.06. The molecule has 2 rings (SSSR count). The molecule has 5 nitrogen and oxygen atoms in total. The summed E-state index contributed by atoms with van der Waals surface area (Å²) in [6.45, 7) is 4.90. The Morgan fingerprint density at radius 1 is 1.35 bits per heavy atom. The molecular formula is C16H17BrN2O3S. The number of benzene rings is 1. The van der Waals surface area contributed by atoms with Gasteiger partial charge in [-0.05, 0) is 58.9 Å². The average Bonchev–Trinajstić information content (AvgIpc) is 3.05. The standard InChI is InChI=1S/C16H17BrN2O3S/c1-3-21-13-9-11(8-12(17)15(13)22-4-2)10-18-19-16(20)14-6-5-7-23-14/h5-10H,3-4H2,1-2H3,(H,19,20). The number of halogens is 1. The highest BCUT2D eigenvalue weighted by Crippen LogP contribution is 2.36. The molecule has 7 heteroatoms. The third kappa shape index (κ3) is 4.80. The van der Waals surface area contributed by atoms with Gasteiger partial charge in [0.15, 0.2) is 11.5 Å². The van der Waals surface area contributed by atoms with Gasteiger partial charge < -0.3 is 9.47 Å². The molecule has 1 amide bonds. The van der Waals surface area contributed by atoms with E-state index >= 15 is 0 Å². The van der Waals surface area contributed by atoms with Crippen molar-refractivity contribution in [1.29, 1.82) is 0 Å². The zero-order valence-corrected chi connectivity index (χ0v) is 15.2. The lowest BCUT2D eigenvalue weighted by molar-refractivity contribution is 0.0959. The minimum Gasteiger partial charge on any atom is -0.490 e. The molecule has 0 saturated heterocycles. The fourth-order valence-electron chi connectivity index (χ4n) is 1.84. The summed E-state index contributed by atoms with van der Waals surface area (Å²) in [4.78, 5) is 12.4. The van der Waals surface area contributed by atoms with Gasteiger partial charge in [0.2, 0.25) is 0 Å². The Morgan fingerprint density at radius 2 is 2.13 bits per heavy atom. The quantitative estimate of drug-likeness (QED) is 0.566. The van der Waals surface area contributed by atoms with Crippen LogP contribution in [0.5, 0.6) is 11.5 Å². The molecule has 0 radical (unpaired) electrons. The van der Waals surface area contributed by atoms with Crippen LogP contribution >= 0.6 is 27.3 Å².